The van der Waals surface area contributed by atoms with Crippen molar-refractivity contribution in [2.45, 2.75) is 26.2 Å². The zero-order chi connectivity index (χ0) is 12.4. The average Bonchev–Trinajstić information content (AvgIpc) is 2.16. The topological polar surface area (TPSA) is 95.5 Å². The van der Waals surface area contributed by atoms with Gasteiger partial charge in [0.05, 0.1) is 5.75 Å². The number of rotatable bonds is 10. The SMILES string of the molecule is CCNCCCNS(=O)(=O)CCCC(=O)O. The van der Waals surface area contributed by atoms with Gasteiger partial charge in [0.1, 0.15) is 0 Å². The summed E-state index contributed by atoms with van der Waals surface area (Å²) in [4.78, 5) is 10.2. The van der Waals surface area contributed by atoms with E-state index in [0.29, 0.717) is 6.54 Å². The van der Waals surface area contributed by atoms with E-state index in [-0.39, 0.29) is 18.6 Å². The van der Waals surface area contributed by atoms with Crippen molar-refractivity contribution in [3.05, 3.63) is 0 Å². The van der Waals surface area contributed by atoms with E-state index in [9.17, 15) is 13.2 Å². The van der Waals surface area contributed by atoms with Crippen molar-refractivity contribution in [2.75, 3.05) is 25.4 Å². The first-order chi connectivity index (χ1) is 7.48. The quantitative estimate of drug-likeness (QED) is 0.467. The van der Waals surface area contributed by atoms with Crippen LogP contribution in [0.1, 0.15) is 26.2 Å². The van der Waals surface area contributed by atoms with Crippen LogP contribution >= 0.6 is 0 Å². The molecule has 0 heterocycles. The smallest absolute Gasteiger partial charge is 0.303 e. The Morgan fingerprint density at radius 3 is 2.50 bits per heavy atom. The molecule has 3 N–H and O–H groups in total. The van der Waals surface area contributed by atoms with Crippen LogP contribution in [0.2, 0.25) is 0 Å². The van der Waals surface area contributed by atoms with E-state index in [2.05, 4.69) is 10.0 Å². The lowest BCUT2D eigenvalue weighted by atomic mass is 10.3. The van der Waals surface area contributed by atoms with Gasteiger partial charge in [0.25, 0.3) is 0 Å². The Bertz CT molecular complexity index is 290. The second-order valence-corrected chi connectivity index (χ2v) is 5.34. The van der Waals surface area contributed by atoms with Crippen molar-refractivity contribution < 1.29 is 18.3 Å². The molecule has 0 unspecified atom stereocenters. The van der Waals surface area contributed by atoms with Crippen molar-refractivity contribution in [3.8, 4) is 0 Å². The van der Waals surface area contributed by atoms with Crippen molar-refractivity contribution >= 4 is 16.0 Å². The Hall–Kier alpha value is -0.660. The molecule has 0 atom stereocenters. The predicted octanol–water partition coefficient (Wildman–Crippen LogP) is -0.230. The maximum absolute atomic E-state index is 11.3. The molecule has 0 rings (SSSR count). The number of carboxylic acids is 1. The van der Waals surface area contributed by atoms with Crippen LogP contribution in [0.25, 0.3) is 0 Å². The van der Waals surface area contributed by atoms with Gasteiger partial charge >= 0.3 is 5.97 Å². The molecule has 0 bridgehead atoms. The summed E-state index contributed by atoms with van der Waals surface area (Å²) in [7, 11) is -3.31. The lowest BCUT2D eigenvalue weighted by Crippen LogP contribution is -2.29. The molecular weight excluding hydrogens is 232 g/mol. The normalized spacial score (nSPS) is 11.6. The molecule has 0 aromatic rings. The molecule has 0 radical (unpaired) electrons. The summed E-state index contributed by atoms with van der Waals surface area (Å²) in [6, 6.07) is 0. The third-order valence-corrected chi connectivity index (χ3v) is 3.38. The Kier molecular flexibility index (Phi) is 8.14. The van der Waals surface area contributed by atoms with Gasteiger partial charge < -0.3 is 10.4 Å². The molecule has 16 heavy (non-hydrogen) atoms. The third kappa shape index (κ3) is 9.88. The van der Waals surface area contributed by atoms with Gasteiger partial charge in [-0.25, -0.2) is 13.1 Å². The van der Waals surface area contributed by atoms with Crippen molar-refractivity contribution in [3.63, 3.8) is 0 Å². The highest BCUT2D eigenvalue weighted by molar-refractivity contribution is 7.89. The summed E-state index contributed by atoms with van der Waals surface area (Å²) in [6.45, 7) is 4.01. The van der Waals surface area contributed by atoms with Gasteiger partial charge in [0.15, 0.2) is 0 Å². The summed E-state index contributed by atoms with van der Waals surface area (Å²) in [5.74, 6) is -1.09. The summed E-state index contributed by atoms with van der Waals surface area (Å²) >= 11 is 0. The van der Waals surface area contributed by atoms with Crippen LogP contribution in [-0.4, -0.2) is 44.9 Å². The minimum absolute atomic E-state index is 0.113. The molecule has 0 aromatic heterocycles. The van der Waals surface area contributed by atoms with Crippen molar-refractivity contribution in [2.24, 2.45) is 0 Å². The lowest BCUT2D eigenvalue weighted by molar-refractivity contribution is -0.137. The summed E-state index contributed by atoms with van der Waals surface area (Å²) in [6.07, 6.45) is 0.766. The van der Waals surface area contributed by atoms with Crippen LogP contribution in [0, 0.1) is 0 Å². The molecule has 6 nitrogen and oxygen atoms in total. The lowest BCUT2D eigenvalue weighted by Gasteiger charge is -2.06. The Balaban J connectivity index is 3.58. The van der Waals surface area contributed by atoms with Crippen LogP contribution < -0.4 is 10.0 Å². The second-order valence-electron chi connectivity index (χ2n) is 3.42. The number of hydrogen-bond donors (Lipinski definition) is 3. The van der Waals surface area contributed by atoms with Crippen LogP contribution in [0.5, 0.6) is 0 Å². The monoisotopic (exact) mass is 252 g/mol. The summed E-state index contributed by atoms with van der Waals surface area (Å²) < 4.78 is 25.1. The van der Waals surface area contributed by atoms with E-state index in [1.54, 1.807) is 0 Å². The fourth-order valence-corrected chi connectivity index (χ4v) is 2.23. The number of aliphatic carboxylic acids is 1. The molecule has 0 aliphatic rings. The molecule has 0 aliphatic carbocycles. The fourth-order valence-electron chi connectivity index (χ4n) is 1.10. The van der Waals surface area contributed by atoms with Crippen LogP contribution in [0.3, 0.4) is 0 Å². The summed E-state index contributed by atoms with van der Waals surface area (Å²) in [5.41, 5.74) is 0. The molecular formula is C9H20N2O4S. The maximum atomic E-state index is 11.3. The number of nitrogens with one attached hydrogen (secondary N) is 2. The van der Waals surface area contributed by atoms with Gasteiger partial charge in [-0.2, -0.15) is 0 Å². The molecule has 0 saturated carbocycles. The molecule has 0 saturated heterocycles. The van der Waals surface area contributed by atoms with Crippen LogP contribution in [-0.2, 0) is 14.8 Å². The van der Waals surface area contributed by atoms with Gasteiger partial charge in [0, 0.05) is 13.0 Å². The molecule has 0 amide bonds. The zero-order valence-electron chi connectivity index (χ0n) is 9.53. The minimum atomic E-state index is -3.31. The minimum Gasteiger partial charge on any atom is -0.481 e. The maximum Gasteiger partial charge on any atom is 0.303 e. The zero-order valence-corrected chi connectivity index (χ0v) is 10.3. The van der Waals surface area contributed by atoms with E-state index in [1.165, 1.54) is 0 Å². The predicted molar refractivity (Wildman–Crippen MR) is 61.8 cm³/mol. The standard InChI is InChI=1S/C9H20N2O4S/c1-2-10-6-4-7-11-16(14,15)8-3-5-9(12)13/h10-11H,2-8H2,1H3,(H,12,13). The molecule has 0 aromatic carbocycles. The molecule has 0 spiro atoms. The van der Waals surface area contributed by atoms with Crippen molar-refractivity contribution in [1.29, 1.82) is 0 Å². The molecule has 7 heteroatoms. The first-order valence-corrected chi connectivity index (χ1v) is 7.03. The van der Waals surface area contributed by atoms with E-state index in [1.807, 2.05) is 6.92 Å². The number of hydrogen-bond acceptors (Lipinski definition) is 4. The third-order valence-electron chi connectivity index (χ3n) is 1.91. The van der Waals surface area contributed by atoms with Gasteiger partial charge in [-0.15, -0.1) is 0 Å². The van der Waals surface area contributed by atoms with E-state index in [4.69, 9.17) is 5.11 Å². The van der Waals surface area contributed by atoms with Crippen LogP contribution in [0.4, 0.5) is 0 Å². The highest BCUT2D eigenvalue weighted by Gasteiger charge is 2.09. The van der Waals surface area contributed by atoms with E-state index >= 15 is 0 Å². The summed E-state index contributed by atoms with van der Waals surface area (Å²) in [5, 5.41) is 11.4. The molecule has 0 fully saturated rings. The Labute approximate surface area is 96.5 Å². The van der Waals surface area contributed by atoms with Crippen LogP contribution in [0.15, 0.2) is 0 Å². The fraction of sp³-hybridized carbons (Fsp3) is 0.889. The van der Waals surface area contributed by atoms with E-state index in [0.717, 1.165) is 19.5 Å². The largest absolute Gasteiger partial charge is 0.481 e. The van der Waals surface area contributed by atoms with Gasteiger partial charge in [-0.3, -0.25) is 4.79 Å². The first-order valence-electron chi connectivity index (χ1n) is 5.38. The van der Waals surface area contributed by atoms with Gasteiger partial charge in [-0.05, 0) is 25.9 Å². The average molecular weight is 252 g/mol. The molecule has 0 aliphatic heterocycles. The number of carboxylic acid groups (broad SMARTS) is 1. The Morgan fingerprint density at radius 2 is 1.94 bits per heavy atom. The van der Waals surface area contributed by atoms with Gasteiger partial charge in [-0.1, -0.05) is 6.92 Å². The second kappa shape index (κ2) is 8.49. The number of sulfonamides is 1. The van der Waals surface area contributed by atoms with Crippen molar-refractivity contribution in [1.82, 2.24) is 10.0 Å². The first kappa shape index (κ1) is 15.3. The Morgan fingerprint density at radius 1 is 1.25 bits per heavy atom. The van der Waals surface area contributed by atoms with Gasteiger partial charge in [0.2, 0.25) is 10.0 Å². The number of carbonyl (C=O) groups is 1. The highest BCUT2D eigenvalue weighted by atomic mass is 32.2. The highest BCUT2D eigenvalue weighted by Crippen LogP contribution is 1.94. The molecule has 96 valence electrons. The van der Waals surface area contributed by atoms with E-state index < -0.39 is 16.0 Å².